The highest BCUT2D eigenvalue weighted by atomic mass is 35.5. The maximum atomic E-state index is 12.1. The lowest BCUT2D eigenvalue weighted by Gasteiger charge is -2.21. The van der Waals surface area contributed by atoms with Gasteiger partial charge in [-0.2, -0.15) is 0 Å². The van der Waals surface area contributed by atoms with Crippen molar-refractivity contribution in [2.24, 2.45) is 5.92 Å². The highest BCUT2D eigenvalue weighted by molar-refractivity contribution is 6.34. The van der Waals surface area contributed by atoms with E-state index in [1.807, 2.05) is 0 Å². The second kappa shape index (κ2) is 6.72. The van der Waals surface area contributed by atoms with Crippen LogP contribution in [0.2, 0.25) is 5.02 Å². The Bertz CT molecular complexity index is 513. The Labute approximate surface area is 123 Å². The highest BCUT2D eigenvalue weighted by Gasteiger charge is 2.20. The normalized spacial score (nSPS) is 15.7. The van der Waals surface area contributed by atoms with E-state index in [9.17, 15) is 9.59 Å². The molecule has 1 aromatic carbocycles. The summed E-state index contributed by atoms with van der Waals surface area (Å²) >= 11 is 6.07. The van der Waals surface area contributed by atoms with E-state index in [-0.39, 0.29) is 17.7 Å². The molecule has 20 heavy (non-hydrogen) atoms. The van der Waals surface area contributed by atoms with Crippen molar-refractivity contribution in [1.82, 2.24) is 5.32 Å². The average molecular weight is 296 g/mol. The first kappa shape index (κ1) is 14.8. The van der Waals surface area contributed by atoms with Crippen molar-refractivity contribution in [2.45, 2.75) is 19.8 Å². The average Bonchev–Trinajstić information content (AvgIpc) is 2.42. The number of anilines is 2. The van der Waals surface area contributed by atoms with E-state index in [1.165, 1.54) is 6.92 Å². The molecular weight excluding hydrogens is 278 g/mol. The summed E-state index contributed by atoms with van der Waals surface area (Å²) in [7, 11) is 0. The summed E-state index contributed by atoms with van der Waals surface area (Å²) in [6.45, 7) is 3.17. The number of halogens is 1. The van der Waals surface area contributed by atoms with Gasteiger partial charge in [0.1, 0.15) is 0 Å². The Morgan fingerprint density at radius 2 is 1.95 bits per heavy atom. The van der Waals surface area contributed by atoms with Crippen molar-refractivity contribution >= 4 is 34.8 Å². The van der Waals surface area contributed by atoms with E-state index in [4.69, 9.17) is 11.6 Å². The largest absolute Gasteiger partial charge is 0.326 e. The summed E-state index contributed by atoms with van der Waals surface area (Å²) < 4.78 is 0. The number of hydrogen-bond acceptors (Lipinski definition) is 3. The van der Waals surface area contributed by atoms with Crippen LogP contribution in [0.25, 0.3) is 0 Å². The Balaban J connectivity index is 2.00. The zero-order valence-corrected chi connectivity index (χ0v) is 12.1. The number of carbonyl (C=O) groups is 2. The fourth-order valence-corrected chi connectivity index (χ4v) is 2.44. The molecule has 1 heterocycles. The monoisotopic (exact) mass is 295 g/mol. The van der Waals surface area contributed by atoms with Gasteiger partial charge in [-0.25, -0.2) is 0 Å². The molecule has 2 amide bonds. The minimum atomic E-state index is -0.182. The molecule has 6 heteroatoms. The van der Waals surface area contributed by atoms with E-state index >= 15 is 0 Å². The molecule has 2 rings (SSSR count). The van der Waals surface area contributed by atoms with Crippen LogP contribution < -0.4 is 16.0 Å². The summed E-state index contributed by atoms with van der Waals surface area (Å²) in [5.41, 5.74) is 1.19. The fraction of sp³-hybridized carbons (Fsp3) is 0.429. The lowest BCUT2D eigenvalue weighted by molar-refractivity contribution is -0.120. The van der Waals surface area contributed by atoms with Gasteiger partial charge in [-0.1, -0.05) is 11.6 Å². The van der Waals surface area contributed by atoms with Gasteiger partial charge in [0.25, 0.3) is 0 Å². The van der Waals surface area contributed by atoms with Crippen LogP contribution >= 0.6 is 11.6 Å². The topological polar surface area (TPSA) is 70.2 Å². The second-order valence-electron chi connectivity index (χ2n) is 4.89. The lowest BCUT2D eigenvalue weighted by atomic mass is 9.97. The fourth-order valence-electron chi connectivity index (χ4n) is 2.21. The smallest absolute Gasteiger partial charge is 0.227 e. The predicted octanol–water partition coefficient (Wildman–Crippen LogP) is 2.24. The Hall–Kier alpha value is -1.59. The molecule has 0 saturated carbocycles. The highest BCUT2D eigenvalue weighted by Crippen LogP contribution is 2.26. The van der Waals surface area contributed by atoms with Gasteiger partial charge in [-0.15, -0.1) is 0 Å². The number of carbonyl (C=O) groups excluding carboxylic acids is 2. The van der Waals surface area contributed by atoms with Crippen LogP contribution in [-0.2, 0) is 9.59 Å². The van der Waals surface area contributed by atoms with E-state index < -0.39 is 0 Å². The zero-order valence-electron chi connectivity index (χ0n) is 11.3. The van der Waals surface area contributed by atoms with Gasteiger partial charge in [-0.3, -0.25) is 9.59 Å². The van der Waals surface area contributed by atoms with Gasteiger partial charge in [0, 0.05) is 18.5 Å². The minimum absolute atomic E-state index is 0.0230. The van der Waals surface area contributed by atoms with Gasteiger partial charge < -0.3 is 16.0 Å². The van der Waals surface area contributed by atoms with Crippen molar-refractivity contribution in [3.63, 3.8) is 0 Å². The maximum absolute atomic E-state index is 12.1. The van der Waals surface area contributed by atoms with Crippen LogP contribution in [0.3, 0.4) is 0 Å². The van der Waals surface area contributed by atoms with Gasteiger partial charge >= 0.3 is 0 Å². The van der Waals surface area contributed by atoms with Crippen LogP contribution in [0.15, 0.2) is 18.2 Å². The number of hydrogen-bond donors (Lipinski definition) is 3. The van der Waals surface area contributed by atoms with Gasteiger partial charge in [-0.05, 0) is 44.1 Å². The predicted molar refractivity (Wildman–Crippen MR) is 80.0 cm³/mol. The molecule has 5 nitrogen and oxygen atoms in total. The molecule has 1 saturated heterocycles. The first-order valence-corrected chi connectivity index (χ1v) is 7.03. The van der Waals surface area contributed by atoms with Crippen LogP contribution in [-0.4, -0.2) is 24.9 Å². The molecule has 1 aliphatic heterocycles. The quantitative estimate of drug-likeness (QED) is 0.801. The van der Waals surface area contributed by atoms with E-state index in [0.29, 0.717) is 16.4 Å². The molecule has 0 atom stereocenters. The first-order chi connectivity index (χ1) is 9.56. The van der Waals surface area contributed by atoms with Crippen LogP contribution in [0.5, 0.6) is 0 Å². The Morgan fingerprint density at radius 1 is 1.25 bits per heavy atom. The van der Waals surface area contributed by atoms with Crippen molar-refractivity contribution in [3.05, 3.63) is 23.2 Å². The van der Waals surface area contributed by atoms with E-state index in [1.54, 1.807) is 18.2 Å². The molecule has 1 fully saturated rings. The number of benzene rings is 1. The van der Waals surface area contributed by atoms with Crippen molar-refractivity contribution in [3.8, 4) is 0 Å². The summed E-state index contributed by atoms with van der Waals surface area (Å²) in [5.74, 6) is -0.113. The molecule has 0 aromatic heterocycles. The molecule has 3 N–H and O–H groups in total. The zero-order chi connectivity index (χ0) is 14.5. The third kappa shape index (κ3) is 3.95. The summed E-state index contributed by atoms with van der Waals surface area (Å²) in [5, 5.41) is 9.13. The molecule has 0 spiro atoms. The van der Waals surface area contributed by atoms with Gasteiger partial charge in [0.2, 0.25) is 11.8 Å². The summed E-state index contributed by atoms with van der Waals surface area (Å²) in [4.78, 5) is 23.1. The minimum Gasteiger partial charge on any atom is -0.326 e. The standard InChI is InChI=1S/C14H18ClN3O2/c1-9(19)17-13-3-2-11(8-12(13)15)18-14(20)10-4-6-16-7-5-10/h2-3,8,10,16H,4-7H2,1H3,(H,17,19)(H,18,20). The van der Waals surface area contributed by atoms with Crippen molar-refractivity contribution < 1.29 is 9.59 Å². The lowest BCUT2D eigenvalue weighted by Crippen LogP contribution is -2.34. The van der Waals surface area contributed by atoms with Crippen LogP contribution in [0, 0.1) is 5.92 Å². The Kier molecular flexibility index (Phi) is 4.98. The molecule has 0 unspecified atom stereocenters. The van der Waals surface area contributed by atoms with Crippen molar-refractivity contribution in [2.75, 3.05) is 23.7 Å². The van der Waals surface area contributed by atoms with E-state index in [0.717, 1.165) is 25.9 Å². The van der Waals surface area contributed by atoms with Gasteiger partial charge in [0.05, 0.1) is 10.7 Å². The molecule has 108 valence electrons. The third-order valence-corrected chi connectivity index (χ3v) is 3.57. The molecule has 1 aliphatic rings. The second-order valence-corrected chi connectivity index (χ2v) is 5.30. The summed E-state index contributed by atoms with van der Waals surface area (Å²) in [6.07, 6.45) is 1.70. The first-order valence-electron chi connectivity index (χ1n) is 6.65. The van der Waals surface area contributed by atoms with Gasteiger partial charge in [0.15, 0.2) is 0 Å². The molecule has 1 aromatic rings. The van der Waals surface area contributed by atoms with E-state index in [2.05, 4.69) is 16.0 Å². The number of amides is 2. The summed E-state index contributed by atoms with van der Waals surface area (Å²) in [6, 6.07) is 5.06. The van der Waals surface area contributed by atoms with Crippen LogP contribution in [0.1, 0.15) is 19.8 Å². The number of piperidine rings is 1. The van der Waals surface area contributed by atoms with Crippen LogP contribution in [0.4, 0.5) is 11.4 Å². The van der Waals surface area contributed by atoms with Crippen molar-refractivity contribution in [1.29, 1.82) is 0 Å². The SMILES string of the molecule is CC(=O)Nc1ccc(NC(=O)C2CCNCC2)cc1Cl. The molecular formula is C14H18ClN3O2. The number of rotatable bonds is 3. The maximum Gasteiger partial charge on any atom is 0.227 e. The third-order valence-electron chi connectivity index (χ3n) is 3.26. The molecule has 0 radical (unpaired) electrons. The number of nitrogens with one attached hydrogen (secondary N) is 3. The molecule has 0 bridgehead atoms. The Morgan fingerprint density at radius 3 is 2.55 bits per heavy atom. The molecule has 0 aliphatic carbocycles.